The number of amides is 1. The van der Waals surface area contributed by atoms with Gasteiger partial charge >= 0.3 is 0 Å². The molecule has 0 unspecified atom stereocenters. The van der Waals surface area contributed by atoms with Gasteiger partial charge < -0.3 is 14.8 Å². The molecule has 146 valence electrons. The van der Waals surface area contributed by atoms with E-state index in [9.17, 15) is 13.2 Å². The maximum absolute atomic E-state index is 12.4. The summed E-state index contributed by atoms with van der Waals surface area (Å²) in [5.74, 6) is 0.892. The van der Waals surface area contributed by atoms with Crippen molar-refractivity contribution in [2.24, 2.45) is 0 Å². The summed E-state index contributed by atoms with van der Waals surface area (Å²) in [7, 11) is -2.23. The van der Waals surface area contributed by atoms with Crippen LogP contribution >= 0.6 is 0 Å². The zero-order valence-corrected chi connectivity index (χ0v) is 16.4. The van der Waals surface area contributed by atoms with Crippen molar-refractivity contribution in [1.29, 1.82) is 0 Å². The largest absolute Gasteiger partial charge is 0.497 e. The van der Waals surface area contributed by atoms with Crippen molar-refractivity contribution in [3.63, 3.8) is 0 Å². The Morgan fingerprint density at radius 3 is 2.19 bits per heavy atom. The second-order valence-electron chi connectivity index (χ2n) is 5.81. The number of carbonyl (C=O) groups excluding carboxylic acids is 1. The van der Waals surface area contributed by atoms with E-state index in [2.05, 4.69) is 10.0 Å². The molecule has 8 heteroatoms. The number of hydrogen-bond donors (Lipinski definition) is 2. The first-order valence-corrected chi connectivity index (χ1v) is 10.00. The molecule has 1 atom stereocenters. The average molecular weight is 392 g/mol. The van der Waals surface area contributed by atoms with Crippen molar-refractivity contribution in [3.8, 4) is 11.5 Å². The molecule has 0 bridgehead atoms. The molecule has 2 aromatic rings. The Morgan fingerprint density at radius 1 is 1.04 bits per heavy atom. The number of sulfonamides is 1. The number of benzene rings is 2. The highest BCUT2D eigenvalue weighted by Gasteiger charge is 2.22. The van der Waals surface area contributed by atoms with E-state index in [-0.39, 0.29) is 11.4 Å². The summed E-state index contributed by atoms with van der Waals surface area (Å²) in [5, 5.41) is 2.71. The number of hydrogen-bond acceptors (Lipinski definition) is 5. The predicted octanol–water partition coefficient (Wildman–Crippen LogP) is 2.08. The molecule has 0 aliphatic carbocycles. The number of ether oxygens (including phenoxy) is 2. The van der Waals surface area contributed by atoms with E-state index in [4.69, 9.17) is 9.47 Å². The number of rotatable bonds is 9. The summed E-state index contributed by atoms with van der Waals surface area (Å²) in [6, 6.07) is 12.4. The highest BCUT2D eigenvalue weighted by molar-refractivity contribution is 7.89. The van der Waals surface area contributed by atoms with Crippen LogP contribution in [0.25, 0.3) is 0 Å². The van der Waals surface area contributed by atoms with E-state index in [1.165, 1.54) is 19.1 Å². The first-order chi connectivity index (χ1) is 12.9. The molecule has 0 heterocycles. The van der Waals surface area contributed by atoms with E-state index < -0.39 is 22.0 Å². The normalized spacial score (nSPS) is 12.3. The first kappa shape index (κ1) is 20.7. The van der Waals surface area contributed by atoms with Crippen molar-refractivity contribution in [2.75, 3.05) is 13.7 Å². The molecule has 2 rings (SSSR count). The molecular weight excluding hydrogens is 368 g/mol. The summed E-state index contributed by atoms with van der Waals surface area (Å²) in [6.07, 6.45) is 0. The van der Waals surface area contributed by atoms with Crippen LogP contribution < -0.4 is 19.5 Å². The van der Waals surface area contributed by atoms with E-state index in [1.807, 2.05) is 19.1 Å². The van der Waals surface area contributed by atoms with Gasteiger partial charge in [0.25, 0.3) is 0 Å². The van der Waals surface area contributed by atoms with Gasteiger partial charge in [-0.1, -0.05) is 12.1 Å². The van der Waals surface area contributed by atoms with Crippen LogP contribution in [0.5, 0.6) is 11.5 Å². The molecule has 27 heavy (non-hydrogen) atoms. The lowest BCUT2D eigenvalue weighted by Crippen LogP contribution is -2.44. The molecule has 2 aromatic carbocycles. The lowest BCUT2D eigenvalue weighted by atomic mass is 10.2. The zero-order chi connectivity index (χ0) is 19.9. The maximum atomic E-state index is 12.4. The quantitative estimate of drug-likeness (QED) is 0.681. The summed E-state index contributed by atoms with van der Waals surface area (Å²) >= 11 is 0. The van der Waals surface area contributed by atoms with Gasteiger partial charge in [-0.2, -0.15) is 4.72 Å². The average Bonchev–Trinajstić information content (AvgIpc) is 2.66. The standard InChI is InChI=1S/C19H24N2O5S/c1-4-26-17-9-11-18(12-10-17)27(23,24)21-14(2)19(22)20-13-15-5-7-16(25-3)8-6-15/h5-12,14,21H,4,13H2,1-3H3,(H,20,22)/t14-/m0/s1. The lowest BCUT2D eigenvalue weighted by molar-refractivity contribution is -0.122. The Bertz CT molecular complexity index is 849. The Morgan fingerprint density at radius 2 is 1.63 bits per heavy atom. The van der Waals surface area contributed by atoms with Crippen LogP contribution in [0.3, 0.4) is 0 Å². The number of nitrogens with one attached hydrogen (secondary N) is 2. The van der Waals surface area contributed by atoms with E-state index in [0.717, 1.165) is 11.3 Å². The van der Waals surface area contributed by atoms with Crippen LogP contribution in [0.2, 0.25) is 0 Å². The van der Waals surface area contributed by atoms with Crippen LogP contribution in [0.4, 0.5) is 0 Å². The zero-order valence-electron chi connectivity index (χ0n) is 15.6. The highest BCUT2D eigenvalue weighted by atomic mass is 32.2. The molecule has 0 saturated heterocycles. The van der Waals surface area contributed by atoms with Crippen LogP contribution in [-0.4, -0.2) is 34.1 Å². The van der Waals surface area contributed by atoms with Crippen molar-refractivity contribution in [3.05, 3.63) is 54.1 Å². The van der Waals surface area contributed by atoms with Crippen molar-refractivity contribution in [1.82, 2.24) is 10.0 Å². The summed E-state index contributed by atoms with van der Waals surface area (Å²) in [5.41, 5.74) is 0.880. The number of carbonyl (C=O) groups is 1. The third-order valence-electron chi connectivity index (χ3n) is 3.80. The van der Waals surface area contributed by atoms with E-state index in [1.54, 1.807) is 31.4 Å². The second-order valence-corrected chi connectivity index (χ2v) is 7.53. The van der Waals surface area contributed by atoms with Gasteiger partial charge in [0.05, 0.1) is 24.7 Å². The Balaban J connectivity index is 1.93. The molecule has 0 aliphatic rings. The van der Waals surface area contributed by atoms with Gasteiger partial charge in [0, 0.05) is 6.54 Å². The first-order valence-electron chi connectivity index (χ1n) is 8.51. The Hall–Kier alpha value is -2.58. The number of methoxy groups -OCH3 is 1. The molecule has 0 aliphatic heterocycles. The van der Waals surface area contributed by atoms with Crippen LogP contribution in [0.15, 0.2) is 53.4 Å². The molecule has 0 spiro atoms. The van der Waals surface area contributed by atoms with Gasteiger partial charge in [0.1, 0.15) is 11.5 Å². The minimum Gasteiger partial charge on any atom is -0.497 e. The fraction of sp³-hybridized carbons (Fsp3) is 0.316. The van der Waals surface area contributed by atoms with E-state index >= 15 is 0 Å². The third-order valence-corrected chi connectivity index (χ3v) is 5.35. The van der Waals surface area contributed by atoms with Crippen molar-refractivity contribution < 1.29 is 22.7 Å². The second kappa shape index (κ2) is 9.38. The van der Waals surface area contributed by atoms with Crippen LogP contribution in [0, 0.1) is 0 Å². The molecule has 0 saturated carbocycles. The summed E-state index contributed by atoms with van der Waals surface area (Å²) < 4.78 is 37.6. The highest BCUT2D eigenvalue weighted by Crippen LogP contribution is 2.16. The molecule has 7 nitrogen and oxygen atoms in total. The van der Waals surface area contributed by atoms with Gasteiger partial charge in [-0.25, -0.2) is 8.42 Å². The summed E-state index contributed by atoms with van der Waals surface area (Å²) in [6.45, 7) is 4.13. The van der Waals surface area contributed by atoms with E-state index in [0.29, 0.717) is 12.4 Å². The molecular formula is C19H24N2O5S. The fourth-order valence-electron chi connectivity index (χ4n) is 2.32. The monoisotopic (exact) mass is 392 g/mol. The van der Waals surface area contributed by atoms with Crippen LogP contribution in [-0.2, 0) is 21.4 Å². The molecule has 0 aromatic heterocycles. The van der Waals surface area contributed by atoms with Gasteiger partial charge in [-0.05, 0) is 55.8 Å². The minimum absolute atomic E-state index is 0.0701. The third kappa shape index (κ3) is 5.97. The van der Waals surface area contributed by atoms with Gasteiger partial charge in [-0.3, -0.25) is 4.79 Å². The smallest absolute Gasteiger partial charge is 0.241 e. The van der Waals surface area contributed by atoms with Crippen LogP contribution in [0.1, 0.15) is 19.4 Å². The SMILES string of the molecule is CCOc1ccc(S(=O)(=O)N[C@@H](C)C(=O)NCc2ccc(OC)cc2)cc1. The van der Waals surface area contributed by atoms with Gasteiger partial charge in [0.15, 0.2) is 0 Å². The Kier molecular flexibility index (Phi) is 7.20. The molecule has 1 amide bonds. The molecule has 0 fully saturated rings. The summed E-state index contributed by atoms with van der Waals surface area (Å²) in [4.78, 5) is 12.3. The minimum atomic E-state index is -3.81. The molecule has 0 radical (unpaired) electrons. The Labute approximate surface area is 159 Å². The molecule has 2 N–H and O–H groups in total. The maximum Gasteiger partial charge on any atom is 0.241 e. The fourth-order valence-corrected chi connectivity index (χ4v) is 3.52. The van der Waals surface area contributed by atoms with Gasteiger partial charge in [-0.15, -0.1) is 0 Å². The predicted molar refractivity (Wildman–Crippen MR) is 102 cm³/mol. The van der Waals surface area contributed by atoms with Crippen molar-refractivity contribution >= 4 is 15.9 Å². The lowest BCUT2D eigenvalue weighted by Gasteiger charge is -2.15. The van der Waals surface area contributed by atoms with Gasteiger partial charge in [0.2, 0.25) is 15.9 Å². The van der Waals surface area contributed by atoms with Crippen molar-refractivity contribution in [2.45, 2.75) is 31.3 Å². The topological polar surface area (TPSA) is 93.7 Å².